The first-order valence-electron chi connectivity index (χ1n) is 7.06. The number of nitrogens with one attached hydrogen (secondary N) is 1. The highest BCUT2D eigenvalue weighted by Gasteiger charge is 2.23. The lowest BCUT2D eigenvalue weighted by molar-refractivity contribution is -0.119. The molecule has 1 N–H and O–H groups in total. The zero-order chi connectivity index (χ0) is 13.7. The molecular weight excluding hydrogens is 309 g/mol. The Bertz CT molecular complexity index is 411. The Morgan fingerprint density at radius 1 is 1.43 bits per heavy atom. The summed E-state index contributed by atoms with van der Waals surface area (Å²) in [5.74, 6) is 1.31. The molecule has 1 aromatic heterocycles. The third-order valence-electron chi connectivity index (χ3n) is 4.09. The normalized spacial score (nSPS) is 16.3. The van der Waals surface area contributed by atoms with Crippen molar-refractivity contribution in [1.82, 2.24) is 10.3 Å². The first-order chi connectivity index (χ1) is 9.18. The molecule has 0 spiro atoms. The molecule has 6 heteroatoms. The minimum absolute atomic E-state index is 0. The Labute approximate surface area is 139 Å². The van der Waals surface area contributed by atoms with Gasteiger partial charge < -0.3 is 10.2 Å². The summed E-state index contributed by atoms with van der Waals surface area (Å²) in [6.45, 7) is 4.37. The van der Waals surface area contributed by atoms with Crippen LogP contribution in [0.3, 0.4) is 0 Å². The van der Waals surface area contributed by atoms with Crippen molar-refractivity contribution in [3.63, 3.8) is 0 Å². The molecule has 1 saturated heterocycles. The molecule has 4 nitrogen and oxygen atoms in total. The molecule has 0 aliphatic carbocycles. The molecule has 0 aromatic carbocycles. The lowest BCUT2D eigenvalue weighted by Crippen LogP contribution is -2.34. The summed E-state index contributed by atoms with van der Waals surface area (Å²) in [5.41, 5.74) is 0.866. The SMILES string of the molecule is CC(CC(=O)N(C)c1cccnc1)C1CCNCC1.Cl.Cl. The van der Waals surface area contributed by atoms with E-state index in [4.69, 9.17) is 0 Å². The maximum Gasteiger partial charge on any atom is 0.227 e. The lowest BCUT2D eigenvalue weighted by atomic mass is 9.84. The molecule has 1 fully saturated rings. The van der Waals surface area contributed by atoms with Gasteiger partial charge in [0.2, 0.25) is 5.91 Å². The molecule has 1 atom stereocenters. The van der Waals surface area contributed by atoms with Gasteiger partial charge in [-0.3, -0.25) is 9.78 Å². The number of carbonyl (C=O) groups is 1. The van der Waals surface area contributed by atoms with Crippen LogP contribution in [0.5, 0.6) is 0 Å². The molecule has 21 heavy (non-hydrogen) atoms. The first-order valence-corrected chi connectivity index (χ1v) is 7.06. The van der Waals surface area contributed by atoms with Crippen LogP contribution in [0.15, 0.2) is 24.5 Å². The summed E-state index contributed by atoms with van der Waals surface area (Å²) in [6, 6.07) is 3.77. The lowest BCUT2D eigenvalue weighted by Gasteiger charge is -2.29. The van der Waals surface area contributed by atoms with Crippen molar-refractivity contribution in [3.05, 3.63) is 24.5 Å². The minimum Gasteiger partial charge on any atom is -0.317 e. The molecule has 2 rings (SSSR count). The molecule has 120 valence electrons. The van der Waals surface area contributed by atoms with E-state index in [0.717, 1.165) is 18.8 Å². The highest BCUT2D eigenvalue weighted by molar-refractivity contribution is 5.92. The van der Waals surface area contributed by atoms with Crippen LogP contribution in [0.4, 0.5) is 5.69 Å². The van der Waals surface area contributed by atoms with Gasteiger partial charge in [0.1, 0.15) is 0 Å². The predicted octanol–water partition coefficient (Wildman–Crippen LogP) is 2.91. The standard InChI is InChI=1S/C15H23N3O.2ClH/c1-12(13-5-8-16-9-6-13)10-15(19)18(2)14-4-3-7-17-11-14;;/h3-4,7,11-13,16H,5-6,8-10H2,1-2H3;2*1H. The zero-order valence-electron chi connectivity index (χ0n) is 12.6. The number of carbonyl (C=O) groups excluding carboxylic acids is 1. The highest BCUT2D eigenvalue weighted by Crippen LogP contribution is 2.25. The fraction of sp³-hybridized carbons (Fsp3) is 0.600. The third-order valence-corrected chi connectivity index (χ3v) is 4.09. The molecular formula is C15H25Cl2N3O. The highest BCUT2D eigenvalue weighted by atomic mass is 35.5. The van der Waals surface area contributed by atoms with Gasteiger partial charge in [0.25, 0.3) is 0 Å². The van der Waals surface area contributed by atoms with Gasteiger partial charge in [-0.25, -0.2) is 0 Å². The number of anilines is 1. The van der Waals surface area contributed by atoms with E-state index in [2.05, 4.69) is 17.2 Å². The summed E-state index contributed by atoms with van der Waals surface area (Å²) in [7, 11) is 1.83. The second kappa shape index (κ2) is 9.98. The number of halogens is 2. The Balaban J connectivity index is 0.00000200. The number of nitrogens with zero attached hydrogens (tertiary/aromatic N) is 2. The number of amides is 1. The quantitative estimate of drug-likeness (QED) is 0.921. The summed E-state index contributed by atoms with van der Waals surface area (Å²) >= 11 is 0. The molecule has 1 aliphatic rings. The minimum atomic E-state index is 0. The van der Waals surface area contributed by atoms with Gasteiger partial charge >= 0.3 is 0 Å². The second-order valence-electron chi connectivity index (χ2n) is 5.43. The van der Waals surface area contributed by atoms with Gasteiger partial charge in [-0.1, -0.05) is 6.92 Å². The number of hydrogen-bond donors (Lipinski definition) is 1. The molecule has 0 bridgehead atoms. The van der Waals surface area contributed by atoms with Gasteiger partial charge in [0.15, 0.2) is 0 Å². The Morgan fingerprint density at radius 3 is 2.67 bits per heavy atom. The van der Waals surface area contributed by atoms with Crippen LogP contribution in [-0.4, -0.2) is 31.0 Å². The first kappa shape index (κ1) is 20.2. The third kappa shape index (κ3) is 5.81. The maximum atomic E-state index is 12.3. The molecule has 1 amide bonds. The van der Waals surface area contributed by atoms with E-state index in [1.165, 1.54) is 12.8 Å². The van der Waals surface area contributed by atoms with Crippen LogP contribution in [-0.2, 0) is 4.79 Å². The number of rotatable bonds is 4. The van der Waals surface area contributed by atoms with Crippen LogP contribution >= 0.6 is 24.8 Å². The summed E-state index contributed by atoms with van der Waals surface area (Å²) in [4.78, 5) is 18.0. The topological polar surface area (TPSA) is 45.2 Å². The Kier molecular flexibility index (Phi) is 9.58. The van der Waals surface area contributed by atoms with Crippen molar-refractivity contribution in [1.29, 1.82) is 0 Å². The smallest absolute Gasteiger partial charge is 0.227 e. The van der Waals surface area contributed by atoms with E-state index in [0.29, 0.717) is 18.3 Å². The largest absolute Gasteiger partial charge is 0.317 e. The van der Waals surface area contributed by atoms with Crippen LogP contribution in [0.25, 0.3) is 0 Å². The molecule has 1 aliphatic heterocycles. The molecule has 0 saturated carbocycles. The fourth-order valence-corrected chi connectivity index (χ4v) is 2.69. The van der Waals surface area contributed by atoms with Crippen molar-refractivity contribution >= 4 is 36.4 Å². The zero-order valence-corrected chi connectivity index (χ0v) is 14.3. The van der Waals surface area contributed by atoms with E-state index in [1.54, 1.807) is 17.3 Å². The number of aromatic nitrogens is 1. The maximum absolute atomic E-state index is 12.3. The average Bonchev–Trinajstić information content (AvgIpc) is 2.48. The number of hydrogen-bond acceptors (Lipinski definition) is 3. The summed E-state index contributed by atoms with van der Waals surface area (Å²) in [5, 5.41) is 3.37. The second-order valence-corrected chi connectivity index (χ2v) is 5.43. The van der Waals surface area contributed by atoms with Crippen LogP contribution in [0, 0.1) is 11.8 Å². The molecule has 2 heterocycles. The summed E-state index contributed by atoms with van der Waals surface area (Å²) < 4.78 is 0. The van der Waals surface area contributed by atoms with E-state index in [1.807, 2.05) is 19.2 Å². The van der Waals surface area contributed by atoms with E-state index in [9.17, 15) is 4.79 Å². The number of pyridine rings is 1. The van der Waals surface area contributed by atoms with Crippen molar-refractivity contribution < 1.29 is 4.79 Å². The van der Waals surface area contributed by atoms with Gasteiger partial charge in [0, 0.05) is 19.7 Å². The average molecular weight is 334 g/mol. The van der Waals surface area contributed by atoms with E-state index in [-0.39, 0.29) is 30.7 Å². The van der Waals surface area contributed by atoms with Crippen LogP contribution < -0.4 is 10.2 Å². The van der Waals surface area contributed by atoms with Crippen molar-refractivity contribution in [2.24, 2.45) is 11.8 Å². The van der Waals surface area contributed by atoms with Gasteiger partial charge in [-0.15, -0.1) is 24.8 Å². The summed E-state index contributed by atoms with van der Waals surface area (Å²) in [6.07, 6.45) is 6.44. The Morgan fingerprint density at radius 2 is 2.10 bits per heavy atom. The van der Waals surface area contributed by atoms with Crippen molar-refractivity contribution in [3.8, 4) is 0 Å². The van der Waals surface area contributed by atoms with Crippen LogP contribution in [0.2, 0.25) is 0 Å². The van der Waals surface area contributed by atoms with Crippen LogP contribution in [0.1, 0.15) is 26.2 Å². The van der Waals surface area contributed by atoms with E-state index < -0.39 is 0 Å². The molecule has 1 unspecified atom stereocenters. The van der Waals surface area contributed by atoms with Gasteiger partial charge in [0.05, 0.1) is 11.9 Å². The van der Waals surface area contributed by atoms with E-state index >= 15 is 0 Å². The fourth-order valence-electron chi connectivity index (χ4n) is 2.69. The van der Waals surface area contributed by atoms with Crippen molar-refractivity contribution in [2.45, 2.75) is 26.2 Å². The molecule has 0 radical (unpaired) electrons. The van der Waals surface area contributed by atoms with Gasteiger partial charge in [-0.05, 0) is 49.9 Å². The van der Waals surface area contributed by atoms with Crippen molar-refractivity contribution in [2.75, 3.05) is 25.0 Å². The Hall–Kier alpha value is -0.840. The van der Waals surface area contributed by atoms with Gasteiger partial charge in [-0.2, -0.15) is 0 Å². The monoisotopic (exact) mass is 333 g/mol. The predicted molar refractivity (Wildman–Crippen MR) is 91.5 cm³/mol. The number of piperidine rings is 1. The molecule has 1 aromatic rings.